The van der Waals surface area contributed by atoms with Crippen LogP contribution in [0.3, 0.4) is 0 Å². The molecule has 1 heterocycles. The van der Waals surface area contributed by atoms with Crippen LogP contribution in [0, 0.1) is 5.92 Å². The molecule has 0 saturated carbocycles. The fourth-order valence-corrected chi connectivity index (χ4v) is 2.58. The molecule has 0 aliphatic carbocycles. The van der Waals surface area contributed by atoms with E-state index in [0.29, 0.717) is 13.0 Å². The molecule has 1 aromatic heterocycles. The van der Waals surface area contributed by atoms with E-state index in [-0.39, 0.29) is 28.6 Å². The van der Waals surface area contributed by atoms with Crippen LogP contribution in [-0.2, 0) is 10.0 Å². The summed E-state index contributed by atoms with van der Waals surface area (Å²) in [5.74, 6) is 0.420. The SMILES string of the molecule is CCC(CNS(C)(=O)=O)CC(C)Nc1nonc1/C(Cl)=N/O. The Labute approximate surface area is 134 Å². The third-order valence-electron chi connectivity index (χ3n) is 3.05. The topological polar surface area (TPSA) is 130 Å². The van der Waals surface area contributed by atoms with E-state index in [1.54, 1.807) is 0 Å². The largest absolute Gasteiger partial charge is 0.410 e. The molecule has 126 valence electrons. The second-order valence-corrected chi connectivity index (χ2v) is 7.22. The van der Waals surface area contributed by atoms with Crippen molar-refractivity contribution in [2.45, 2.75) is 32.7 Å². The zero-order valence-corrected chi connectivity index (χ0v) is 14.1. The Kier molecular flexibility index (Phi) is 7.04. The van der Waals surface area contributed by atoms with Crippen LogP contribution < -0.4 is 10.0 Å². The maximum atomic E-state index is 11.1. The van der Waals surface area contributed by atoms with Gasteiger partial charge in [-0.05, 0) is 29.6 Å². The number of hydrogen-bond acceptors (Lipinski definition) is 8. The van der Waals surface area contributed by atoms with Crippen molar-refractivity contribution in [2.24, 2.45) is 11.1 Å². The monoisotopic (exact) mass is 353 g/mol. The van der Waals surface area contributed by atoms with Crippen LogP contribution >= 0.6 is 11.6 Å². The van der Waals surface area contributed by atoms with Gasteiger partial charge in [-0.1, -0.05) is 30.1 Å². The fraction of sp³-hybridized carbons (Fsp3) is 0.727. The molecule has 0 aromatic carbocycles. The lowest BCUT2D eigenvalue weighted by Gasteiger charge is -2.20. The van der Waals surface area contributed by atoms with Gasteiger partial charge in [-0.3, -0.25) is 0 Å². The van der Waals surface area contributed by atoms with E-state index in [9.17, 15) is 8.42 Å². The fourth-order valence-electron chi connectivity index (χ4n) is 1.92. The van der Waals surface area contributed by atoms with E-state index >= 15 is 0 Å². The summed E-state index contributed by atoms with van der Waals surface area (Å²) in [6, 6.07) is -0.0416. The molecule has 2 unspecified atom stereocenters. The lowest BCUT2D eigenvalue weighted by molar-refractivity contribution is 0.305. The van der Waals surface area contributed by atoms with Gasteiger partial charge in [-0.25, -0.2) is 17.8 Å². The summed E-state index contributed by atoms with van der Waals surface area (Å²) in [6.07, 6.45) is 2.64. The predicted octanol–water partition coefficient (Wildman–Crippen LogP) is 1.21. The Hall–Kier alpha value is -1.39. The molecule has 1 aromatic rings. The van der Waals surface area contributed by atoms with Gasteiger partial charge in [0.15, 0.2) is 5.69 Å². The molecule has 1 rings (SSSR count). The van der Waals surface area contributed by atoms with Gasteiger partial charge >= 0.3 is 0 Å². The second kappa shape index (κ2) is 8.30. The average Bonchev–Trinajstić information content (AvgIpc) is 2.89. The maximum Gasteiger partial charge on any atom is 0.208 e. The number of halogens is 1. The third-order valence-corrected chi connectivity index (χ3v) is 4.00. The lowest BCUT2D eigenvalue weighted by Crippen LogP contribution is -2.31. The lowest BCUT2D eigenvalue weighted by atomic mass is 9.98. The van der Waals surface area contributed by atoms with Crippen molar-refractivity contribution in [2.75, 3.05) is 18.1 Å². The summed E-state index contributed by atoms with van der Waals surface area (Å²) >= 11 is 5.67. The van der Waals surface area contributed by atoms with Crippen LogP contribution in [0.25, 0.3) is 0 Å². The Morgan fingerprint density at radius 2 is 2.18 bits per heavy atom. The molecule has 0 fully saturated rings. The zero-order chi connectivity index (χ0) is 16.8. The van der Waals surface area contributed by atoms with Gasteiger partial charge in [0.2, 0.25) is 21.0 Å². The number of hydrogen-bond donors (Lipinski definition) is 3. The Balaban J connectivity index is 2.61. The van der Waals surface area contributed by atoms with Crippen LogP contribution in [0.1, 0.15) is 32.4 Å². The van der Waals surface area contributed by atoms with Crippen molar-refractivity contribution in [3.8, 4) is 0 Å². The van der Waals surface area contributed by atoms with Crippen LogP contribution in [0.4, 0.5) is 5.82 Å². The van der Waals surface area contributed by atoms with Crippen molar-refractivity contribution >= 4 is 32.6 Å². The Morgan fingerprint density at radius 3 is 2.73 bits per heavy atom. The molecule has 0 amide bonds. The van der Waals surface area contributed by atoms with Crippen LogP contribution in [0.5, 0.6) is 0 Å². The molecule has 2 atom stereocenters. The van der Waals surface area contributed by atoms with Crippen LogP contribution in [0.2, 0.25) is 0 Å². The number of nitrogens with zero attached hydrogens (tertiary/aromatic N) is 3. The molecule has 3 N–H and O–H groups in total. The highest BCUT2D eigenvalue weighted by atomic mass is 35.5. The van der Waals surface area contributed by atoms with Gasteiger partial charge in [0.1, 0.15) is 0 Å². The van der Waals surface area contributed by atoms with Gasteiger partial charge in [0.05, 0.1) is 6.26 Å². The quantitative estimate of drug-likeness (QED) is 0.345. The van der Waals surface area contributed by atoms with Crippen LogP contribution in [0.15, 0.2) is 9.78 Å². The molecule has 0 bridgehead atoms. The number of sulfonamides is 1. The Morgan fingerprint density at radius 1 is 1.50 bits per heavy atom. The minimum atomic E-state index is -3.21. The smallest absolute Gasteiger partial charge is 0.208 e. The molecule has 0 aliphatic heterocycles. The number of anilines is 1. The van der Waals surface area contributed by atoms with Crippen molar-refractivity contribution in [3.63, 3.8) is 0 Å². The summed E-state index contributed by atoms with van der Waals surface area (Å²) in [6.45, 7) is 4.26. The van der Waals surface area contributed by atoms with Crippen molar-refractivity contribution < 1.29 is 18.3 Å². The summed E-state index contributed by atoms with van der Waals surface area (Å²) < 4.78 is 29.3. The summed E-state index contributed by atoms with van der Waals surface area (Å²) in [5.41, 5.74) is 0.110. The number of nitrogens with one attached hydrogen (secondary N) is 2. The molecule has 0 aliphatic rings. The minimum absolute atomic E-state index is 0.0416. The number of rotatable bonds is 9. The van der Waals surface area contributed by atoms with Gasteiger partial charge in [0.25, 0.3) is 0 Å². The molecule has 0 spiro atoms. The second-order valence-electron chi connectivity index (χ2n) is 5.03. The summed E-state index contributed by atoms with van der Waals surface area (Å²) in [5, 5.41) is 21.5. The molecule has 11 heteroatoms. The standard InChI is InChI=1S/C11H20ClN5O4S/c1-4-8(6-13-22(3,19)20)5-7(2)14-11-9(10(12)15-18)16-21-17-11/h7-8,13,18H,4-6H2,1-3H3,(H,14,17)/b15-10-. The van der Waals surface area contributed by atoms with Crippen molar-refractivity contribution in [1.29, 1.82) is 0 Å². The Bertz CT molecular complexity index is 603. The highest BCUT2D eigenvalue weighted by molar-refractivity contribution is 7.88. The van der Waals surface area contributed by atoms with E-state index in [1.807, 2.05) is 13.8 Å². The van der Waals surface area contributed by atoms with Gasteiger partial charge in [0, 0.05) is 12.6 Å². The molecule has 0 radical (unpaired) electrons. The van der Waals surface area contributed by atoms with E-state index in [4.69, 9.17) is 16.8 Å². The van der Waals surface area contributed by atoms with Gasteiger partial charge < -0.3 is 10.5 Å². The van der Waals surface area contributed by atoms with Crippen LogP contribution in [-0.4, -0.2) is 48.0 Å². The molecule has 9 nitrogen and oxygen atoms in total. The first-order chi connectivity index (χ1) is 10.3. The normalized spacial score (nSPS) is 15.5. The summed E-state index contributed by atoms with van der Waals surface area (Å²) in [7, 11) is -3.21. The molecular formula is C11H20ClN5O4S. The first-order valence-corrected chi connectivity index (χ1v) is 8.95. The van der Waals surface area contributed by atoms with Crippen molar-refractivity contribution in [3.05, 3.63) is 5.69 Å². The van der Waals surface area contributed by atoms with E-state index in [0.717, 1.165) is 12.7 Å². The molecular weight excluding hydrogens is 334 g/mol. The average molecular weight is 354 g/mol. The maximum absolute atomic E-state index is 11.1. The third kappa shape index (κ3) is 6.16. The number of aromatic nitrogens is 2. The van der Waals surface area contributed by atoms with Gasteiger partial charge in [-0.2, -0.15) is 0 Å². The molecule has 22 heavy (non-hydrogen) atoms. The highest BCUT2D eigenvalue weighted by Crippen LogP contribution is 2.18. The first kappa shape index (κ1) is 18.7. The number of oxime groups is 1. The highest BCUT2D eigenvalue weighted by Gasteiger charge is 2.19. The van der Waals surface area contributed by atoms with E-state index < -0.39 is 10.0 Å². The van der Waals surface area contributed by atoms with Crippen molar-refractivity contribution in [1.82, 2.24) is 15.0 Å². The summed E-state index contributed by atoms with van der Waals surface area (Å²) in [4.78, 5) is 0. The minimum Gasteiger partial charge on any atom is -0.410 e. The van der Waals surface area contributed by atoms with Gasteiger partial charge in [-0.15, -0.1) is 0 Å². The van der Waals surface area contributed by atoms with E-state index in [1.165, 1.54) is 0 Å². The van der Waals surface area contributed by atoms with E-state index in [2.05, 4.69) is 30.1 Å². The molecule has 0 saturated heterocycles. The zero-order valence-electron chi connectivity index (χ0n) is 12.6. The first-order valence-electron chi connectivity index (χ1n) is 6.68. The predicted molar refractivity (Wildman–Crippen MR) is 82.8 cm³/mol.